The molecule has 152 valence electrons. The van der Waals surface area contributed by atoms with E-state index in [0.717, 1.165) is 35.7 Å². The number of fused-ring (bicyclic) bond motifs is 1. The molecule has 6 heteroatoms. The summed E-state index contributed by atoms with van der Waals surface area (Å²) in [7, 11) is 1.70. The zero-order valence-electron chi connectivity index (χ0n) is 17.1. The maximum absolute atomic E-state index is 5.40. The number of hydrogen-bond acceptors (Lipinski definition) is 5. The summed E-state index contributed by atoms with van der Waals surface area (Å²) in [6.45, 7) is 5.74. The number of methoxy groups -OCH3 is 1. The number of nitrogens with zero attached hydrogens (tertiary/aromatic N) is 3. The van der Waals surface area contributed by atoms with E-state index in [1.165, 1.54) is 11.1 Å². The van der Waals surface area contributed by atoms with E-state index in [9.17, 15) is 0 Å². The molecule has 3 aromatic rings. The minimum Gasteiger partial charge on any atom is -0.378 e. The number of benzene rings is 2. The molecular formula is C23H27ClN4O. The van der Waals surface area contributed by atoms with E-state index < -0.39 is 0 Å². The van der Waals surface area contributed by atoms with Crippen molar-refractivity contribution in [3.63, 3.8) is 0 Å². The number of halogens is 1. The van der Waals surface area contributed by atoms with Crippen LogP contribution < -0.4 is 10.2 Å². The third kappa shape index (κ3) is 4.36. The maximum atomic E-state index is 5.40. The van der Waals surface area contributed by atoms with Crippen molar-refractivity contribution >= 4 is 29.9 Å². The Hall–Kier alpha value is -2.63. The molecule has 1 atom stereocenters. The summed E-state index contributed by atoms with van der Waals surface area (Å²) < 4.78 is 5.40. The number of nitrogens with one attached hydrogen (secondary N) is 1. The molecule has 0 amide bonds. The van der Waals surface area contributed by atoms with E-state index in [1.807, 2.05) is 30.3 Å². The highest BCUT2D eigenvalue weighted by molar-refractivity contribution is 5.85. The van der Waals surface area contributed by atoms with Crippen LogP contribution in [0.1, 0.15) is 35.3 Å². The van der Waals surface area contributed by atoms with E-state index >= 15 is 0 Å². The highest BCUT2D eigenvalue weighted by Crippen LogP contribution is 2.35. The van der Waals surface area contributed by atoms with Crippen molar-refractivity contribution in [1.82, 2.24) is 9.97 Å². The van der Waals surface area contributed by atoms with Crippen LogP contribution in [0.5, 0.6) is 0 Å². The van der Waals surface area contributed by atoms with Crippen LogP contribution in [0.3, 0.4) is 0 Å². The van der Waals surface area contributed by atoms with Crippen LogP contribution in [0, 0.1) is 6.92 Å². The molecule has 0 saturated heterocycles. The summed E-state index contributed by atoms with van der Waals surface area (Å²) in [6, 6.07) is 19.0. The van der Waals surface area contributed by atoms with Gasteiger partial charge in [-0.05, 0) is 43.5 Å². The van der Waals surface area contributed by atoms with Crippen LogP contribution >= 0.6 is 12.4 Å². The van der Waals surface area contributed by atoms with E-state index in [1.54, 1.807) is 7.11 Å². The third-order valence-corrected chi connectivity index (χ3v) is 5.40. The molecule has 0 radical (unpaired) electrons. The fourth-order valence-electron chi connectivity index (χ4n) is 3.87. The summed E-state index contributed by atoms with van der Waals surface area (Å²) in [6.07, 6.45) is 1.02. The zero-order valence-corrected chi connectivity index (χ0v) is 17.9. The quantitative estimate of drug-likeness (QED) is 0.624. The van der Waals surface area contributed by atoms with Crippen molar-refractivity contribution < 1.29 is 4.74 Å². The Morgan fingerprint density at radius 2 is 1.79 bits per heavy atom. The first kappa shape index (κ1) is 21.1. The van der Waals surface area contributed by atoms with Gasteiger partial charge in [0.2, 0.25) is 5.95 Å². The lowest BCUT2D eigenvalue weighted by Gasteiger charge is -2.37. The number of rotatable bonds is 5. The second-order valence-corrected chi connectivity index (χ2v) is 7.18. The molecule has 1 N–H and O–H groups in total. The Bertz CT molecular complexity index is 964. The molecule has 5 nitrogen and oxygen atoms in total. The Kier molecular flexibility index (Phi) is 6.72. The van der Waals surface area contributed by atoms with Crippen LogP contribution in [0.25, 0.3) is 0 Å². The van der Waals surface area contributed by atoms with Gasteiger partial charge in [0.25, 0.3) is 0 Å². The fraction of sp³-hybridized carbons (Fsp3) is 0.304. The molecule has 2 heterocycles. The van der Waals surface area contributed by atoms with Gasteiger partial charge in [0.15, 0.2) is 0 Å². The maximum Gasteiger partial charge on any atom is 0.229 e. The average molecular weight is 411 g/mol. The molecule has 0 saturated carbocycles. The summed E-state index contributed by atoms with van der Waals surface area (Å²) in [5, 5.41) is 3.34. The largest absolute Gasteiger partial charge is 0.378 e. The zero-order chi connectivity index (χ0) is 19.5. The van der Waals surface area contributed by atoms with Crippen molar-refractivity contribution in [1.29, 1.82) is 0 Å². The van der Waals surface area contributed by atoms with E-state index in [0.29, 0.717) is 12.6 Å². The predicted molar refractivity (Wildman–Crippen MR) is 120 cm³/mol. The van der Waals surface area contributed by atoms with Crippen molar-refractivity contribution in [3.05, 3.63) is 77.0 Å². The summed E-state index contributed by atoms with van der Waals surface area (Å²) in [5.41, 5.74) is 5.76. The van der Waals surface area contributed by atoms with Crippen molar-refractivity contribution in [3.8, 4) is 0 Å². The summed E-state index contributed by atoms with van der Waals surface area (Å²) in [4.78, 5) is 12.0. The lowest BCUT2D eigenvalue weighted by molar-refractivity contribution is 0.181. The second-order valence-electron chi connectivity index (χ2n) is 7.18. The predicted octanol–water partition coefficient (Wildman–Crippen LogP) is 5.22. The number of hydrogen-bond donors (Lipinski definition) is 1. The highest BCUT2D eigenvalue weighted by Gasteiger charge is 2.27. The minimum absolute atomic E-state index is 0. The molecule has 4 rings (SSSR count). The van der Waals surface area contributed by atoms with Gasteiger partial charge in [0.05, 0.1) is 18.3 Å². The summed E-state index contributed by atoms with van der Waals surface area (Å²) >= 11 is 0. The minimum atomic E-state index is 0. The fourth-order valence-corrected chi connectivity index (χ4v) is 3.87. The molecule has 2 aromatic carbocycles. The Morgan fingerprint density at radius 1 is 1.07 bits per heavy atom. The van der Waals surface area contributed by atoms with Gasteiger partial charge in [0.1, 0.15) is 5.82 Å². The Balaban J connectivity index is 0.00000240. The SMILES string of the molecule is COCc1nc(Nc2ccccc2)nc(N2CCc3ccccc3C2C)c1C.Cl. The second kappa shape index (κ2) is 9.25. The van der Waals surface area contributed by atoms with Crippen LogP contribution in [0.15, 0.2) is 54.6 Å². The molecule has 0 aliphatic carbocycles. The normalized spacial score (nSPS) is 15.4. The monoisotopic (exact) mass is 410 g/mol. The third-order valence-electron chi connectivity index (χ3n) is 5.40. The lowest BCUT2D eigenvalue weighted by atomic mass is 9.93. The molecule has 1 aliphatic heterocycles. The average Bonchev–Trinajstić information content (AvgIpc) is 2.72. The molecule has 29 heavy (non-hydrogen) atoms. The van der Waals surface area contributed by atoms with Gasteiger partial charge < -0.3 is 15.0 Å². The van der Waals surface area contributed by atoms with E-state index in [2.05, 4.69) is 48.3 Å². The van der Waals surface area contributed by atoms with Crippen molar-refractivity contribution in [2.24, 2.45) is 0 Å². The van der Waals surface area contributed by atoms with Gasteiger partial charge in [-0.25, -0.2) is 4.98 Å². The lowest BCUT2D eigenvalue weighted by Crippen LogP contribution is -2.35. The molecule has 0 fully saturated rings. The van der Waals surface area contributed by atoms with Crippen molar-refractivity contribution in [2.75, 3.05) is 23.9 Å². The standard InChI is InChI=1S/C23H26N4O.ClH/c1-16-21(15-28-3)25-23(24-19-10-5-4-6-11-19)26-22(16)27-14-13-18-9-7-8-12-20(18)17(27)2;/h4-12,17H,13-15H2,1-3H3,(H,24,25,26);1H. The molecule has 1 aromatic heterocycles. The molecule has 1 aliphatic rings. The number of aromatic nitrogens is 2. The molecular weight excluding hydrogens is 384 g/mol. The van der Waals surface area contributed by atoms with Gasteiger partial charge in [0, 0.05) is 24.9 Å². The van der Waals surface area contributed by atoms with Crippen LogP contribution in [0.2, 0.25) is 0 Å². The molecule has 1 unspecified atom stereocenters. The Morgan fingerprint density at radius 3 is 2.55 bits per heavy atom. The van der Waals surface area contributed by atoms with E-state index in [4.69, 9.17) is 14.7 Å². The number of para-hydroxylation sites is 1. The van der Waals surface area contributed by atoms with Gasteiger partial charge >= 0.3 is 0 Å². The highest BCUT2D eigenvalue weighted by atomic mass is 35.5. The van der Waals surface area contributed by atoms with Crippen LogP contribution in [-0.4, -0.2) is 23.6 Å². The smallest absolute Gasteiger partial charge is 0.229 e. The summed E-state index contributed by atoms with van der Waals surface area (Å²) in [5.74, 6) is 1.58. The first-order valence-corrected chi connectivity index (χ1v) is 9.70. The van der Waals surface area contributed by atoms with Gasteiger partial charge in [-0.2, -0.15) is 4.98 Å². The van der Waals surface area contributed by atoms with Crippen LogP contribution in [-0.2, 0) is 17.8 Å². The van der Waals surface area contributed by atoms with Gasteiger partial charge in [-0.15, -0.1) is 12.4 Å². The first-order chi connectivity index (χ1) is 13.7. The Labute approximate surface area is 178 Å². The molecule has 0 spiro atoms. The topological polar surface area (TPSA) is 50.3 Å². The molecule has 0 bridgehead atoms. The van der Waals surface area contributed by atoms with Gasteiger partial charge in [-0.1, -0.05) is 42.5 Å². The first-order valence-electron chi connectivity index (χ1n) is 9.70. The van der Waals surface area contributed by atoms with Crippen LogP contribution in [0.4, 0.5) is 17.5 Å². The van der Waals surface area contributed by atoms with Gasteiger partial charge in [-0.3, -0.25) is 0 Å². The number of anilines is 3. The van der Waals surface area contributed by atoms with Crippen molar-refractivity contribution in [2.45, 2.75) is 32.9 Å². The number of ether oxygens (including phenoxy) is 1. The van der Waals surface area contributed by atoms with E-state index in [-0.39, 0.29) is 18.4 Å².